The molecule has 0 radical (unpaired) electrons. The van der Waals surface area contributed by atoms with Gasteiger partial charge in [0.05, 0.1) is 4.70 Å². The summed E-state index contributed by atoms with van der Waals surface area (Å²) in [5.74, 6) is 0.383. The molecule has 1 nitrogen and oxygen atoms in total. The molecule has 1 heterocycles. The Morgan fingerprint density at radius 3 is 2.79 bits per heavy atom. The Labute approximate surface area is 85.2 Å². The zero-order valence-electron chi connectivity index (χ0n) is 7.40. The van der Waals surface area contributed by atoms with Gasteiger partial charge in [0.2, 0.25) is 0 Å². The summed E-state index contributed by atoms with van der Waals surface area (Å²) < 4.78 is 0.976. The topological polar surface area (TPSA) is 20.2 Å². The highest BCUT2D eigenvalue weighted by molar-refractivity contribution is 7.17. The van der Waals surface area contributed by atoms with Crippen molar-refractivity contribution in [2.45, 2.75) is 0 Å². The van der Waals surface area contributed by atoms with Crippen LogP contribution >= 0.6 is 11.3 Å². The van der Waals surface area contributed by atoms with Crippen LogP contribution in [0.3, 0.4) is 0 Å². The van der Waals surface area contributed by atoms with Crippen LogP contribution in [-0.2, 0) is 0 Å². The van der Waals surface area contributed by atoms with Gasteiger partial charge in [-0.15, -0.1) is 11.3 Å². The highest BCUT2D eigenvalue weighted by Crippen LogP contribution is 2.35. The van der Waals surface area contributed by atoms with Crippen LogP contribution in [0.1, 0.15) is 0 Å². The minimum absolute atomic E-state index is 0.383. The lowest BCUT2D eigenvalue weighted by molar-refractivity contribution is 0.483. The molecule has 0 unspecified atom stereocenters. The second-order valence-electron chi connectivity index (χ2n) is 3.28. The van der Waals surface area contributed by atoms with E-state index >= 15 is 0 Å². The van der Waals surface area contributed by atoms with E-state index in [9.17, 15) is 5.11 Å². The number of thiophene rings is 1. The molecule has 0 saturated heterocycles. The van der Waals surface area contributed by atoms with Gasteiger partial charge in [0.25, 0.3) is 0 Å². The van der Waals surface area contributed by atoms with E-state index in [1.807, 2.05) is 29.6 Å². The number of rotatable bonds is 0. The molecule has 0 spiro atoms. The first-order valence-electron chi connectivity index (χ1n) is 4.44. The summed E-state index contributed by atoms with van der Waals surface area (Å²) in [5.41, 5.74) is 0. The van der Waals surface area contributed by atoms with Crippen molar-refractivity contribution in [3.05, 3.63) is 41.8 Å². The van der Waals surface area contributed by atoms with Gasteiger partial charge in [-0.2, -0.15) is 0 Å². The monoisotopic (exact) mass is 200 g/mol. The van der Waals surface area contributed by atoms with Crippen LogP contribution in [0.2, 0.25) is 0 Å². The molecule has 68 valence electrons. The van der Waals surface area contributed by atoms with Gasteiger partial charge in [-0.1, -0.05) is 24.3 Å². The minimum atomic E-state index is 0.383. The standard InChI is InChI=1S/C12H8OS/c13-11-7-8-3-1-2-4-9(8)10-5-6-14-12(10)11/h1-7,13H. The van der Waals surface area contributed by atoms with Crippen LogP contribution in [0, 0.1) is 0 Å². The predicted octanol–water partition coefficient (Wildman–Crippen LogP) is 3.76. The lowest BCUT2D eigenvalue weighted by Crippen LogP contribution is -1.73. The van der Waals surface area contributed by atoms with Crippen molar-refractivity contribution in [3.8, 4) is 5.75 Å². The predicted molar refractivity (Wildman–Crippen MR) is 61.0 cm³/mol. The smallest absolute Gasteiger partial charge is 0.134 e. The molecule has 3 aromatic rings. The molecule has 0 saturated carbocycles. The minimum Gasteiger partial charge on any atom is -0.506 e. The van der Waals surface area contributed by atoms with Crippen molar-refractivity contribution in [2.75, 3.05) is 0 Å². The van der Waals surface area contributed by atoms with E-state index in [4.69, 9.17) is 0 Å². The molecule has 0 aliphatic carbocycles. The molecule has 0 aliphatic heterocycles. The molecule has 2 heteroatoms. The number of aromatic hydroxyl groups is 1. The van der Waals surface area contributed by atoms with Crippen LogP contribution in [0.5, 0.6) is 5.75 Å². The molecule has 0 atom stereocenters. The maximum absolute atomic E-state index is 9.77. The number of hydrogen-bond acceptors (Lipinski definition) is 2. The first kappa shape index (κ1) is 7.83. The molecule has 1 aromatic heterocycles. The third-order valence-corrected chi connectivity index (χ3v) is 3.38. The summed E-state index contributed by atoms with van der Waals surface area (Å²) in [7, 11) is 0. The summed E-state index contributed by atoms with van der Waals surface area (Å²) in [6.07, 6.45) is 0. The molecule has 2 aromatic carbocycles. The number of phenolic OH excluding ortho intramolecular Hbond substituents is 1. The van der Waals surface area contributed by atoms with Crippen LogP contribution in [0.4, 0.5) is 0 Å². The Bertz CT molecular complexity index is 610. The molecule has 0 aliphatic rings. The third kappa shape index (κ3) is 0.946. The van der Waals surface area contributed by atoms with E-state index in [2.05, 4.69) is 12.1 Å². The van der Waals surface area contributed by atoms with Gasteiger partial charge < -0.3 is 5.11 Å². The van der Waals surface area contributed by atoms with Gasteiger partial charge in [-0.25, -0.2) is 0 Å². The highest BCUT2D eigenvalue weighted by atomic mass is 32.1. The van der Waals surface area contributed by atoms with E-state index in [0.29, 0.717) is 5.75 Å². The van der Waals surface area contributed by atoms with Crippen LogP contribution in [0.15, 0.2) is 41.8 Å². The molecular formula is C12H8OS. The van der Waals surface area contributed by atoms with Gasteiger partial charge >= 0.3 is 0 Å². The number of hydrogen-bond donors (Lipinski definition) is 1. The summed E-state index contributed by atoms with van der Waals surface area (Å²) in [5, 5.41) is 15.2. The quantitative estimate of drug-likeness (QED) is 0.585. The van der Waals surface area contributed by atoms with Crippen molar-refractivity contribution in [3.63, 3.8) is 0 Å². The summed E-state index contributed by atoms with van der Waals surface area (Å²) in [6.45, 7) is 0. The van der Waals surface area contributed by atoms with Gasteiger partial charge in [0, 0.05) is 5.39 Å². The van der Waals surface area contributed by atoms with Crippen molar-refractivity contribution in [1.29, 1.82) is 0 Å². The van der Waals surface area contributed by atoms with Crippen LogP contribution < -0.4 is 0 Å². The lowest BCUT2D eigenvalue weighted by Gasteiger charge is -2.01. The van der Waals surface area contributed by atoms with Crippen molar-refractivity contribution < 1.29 is 5.11 Å². The van der Waals surface area contributed by atoms with E-state index in [0.717, 1.165) is 15.5 Å². The lowest BCUT2D eigenvalue weighted by atomic mass is 10.1. The fourth-order valence-electron chi connectivity index (χ4n) is 1.80. The van der Waals surface area contributed by atoms with E-state index in [1.54, 1.807) is 11.3 Å². The number of fused-ring (bicyclic) bond motifs is 3. The van der Waals surface area contributed by atoms with Gasteiger partial charge in [0.1, 0.15) is 5.75 Å². The second-order valence-corrected chi connectivity index (χ2v) is 4.20. The molecule has 0 bridgehead atoms. The second kappa shape index (κ2) is 2.72. The Hall–Kier alpha value is -1.54. The molecular weight excluding hydrogens is 192 g/mol. The first-order chi connectivity index (χ1) is 6.86. The van der Waals surface area contributed by atoms with E-state index in [1.165, 1.54) is 5.39 Å². The summed E-state index contributed by atoms with van der Waals surface area (Å²) in [6, 6.07) is 12.0. The number of phenols is 1. The Balaban J connectivity index is 2.66. The normalized spacial score (nSPS) is 11.1. The SMILES string of the molecule is Oc1cc2ccccc2c2ccsc12. The Morgan fingerprint density at radius 2 is 1.86 bits per heavy atom. The van der Waals surface area contributed by atoms with Gasteiger partial charge in [0.15, 0.2) is 0 Å². The first-order valence-corrected chi connectivity index (χ1v) is 5.32. The maximum Gasteiger partial charge on any atom is 0.134 e. The van der Waals surface area contributed by atoms with Gasteiger partial charge in [-0.05, 0) is 28.3 Å². The van der Waals surface area contributed by atoms with Gasteiger partial charge in [-0.3, -0.25) is 0 Å². The average molecular weight is 200 g/mol. The number of benzene rings is 2. The molecule has 0 fully saturated rings. The van der Waals surface area contributed by atoms with Crippen LogP contribution in [-0.4, -0.2) is 5.11 Å². The zero-order valence-corrected chi connectivity index (χ0v) is 8.21. The Kier molecular flexibility index (Phi) is 1.52. The summed E-state index contributed by atoms with van der Waals surface area (Å²) >= 11 is 1.58. The van der Waals surface area contributed by atoms with Crippen molar-refractivity contribution in [2.24, 2.45) is 0 Å². The fraction of sp³-hybridized carbons (Fsp3) is 0. The van der Waals surface area contributed by atoms with Crippen LogP contribution in [0.25, 0.3) is 20.9 Å². The largest absolute Gasteiger partial charge is 0.506 e. The molecule has 14 heavy (non-hydrogen) atoms. The molecule has 0 amide bonds. The molecule has 3 rings (SSSR count). The van der Waals surface area contributed by atoms with E-state index in [-0.39, 0.29) is 0 Å². The Morgan fingerprint density at radius 1 is 1.00 bits per heavy atom. The maximum atomic E-state index is 9.77. The zero-order chi connectivity index (χ0) is 9.54. The van der Waals surface area contributed by atoms with E-state index < -0.39 is 0 Å². The third-order valence-electron chi connectivity index (χ3n) is 2.44. The van der Waals surface area contributed by atoms with Crippen molar-refractivity contribution in [1.82, 2.24) is 0 Å². The highest BCUT2D eigenvalue weighted by Gasteiger charge is 2.05. The molecule has 1 N–H and O–H groups in total. The summed E-state index contributed by atoms with van der Waals surface area (Å²) in [4.78, 5) is 0. The fourth-order valence-corrected chi connectivity index (χ4v) is 2.63. The average Bonchev–Trinajstić information content (AvgIpc) is 2.67. The van der Waals surface area contributed by atoms with Crippen molar-refractivity contribution >= 4 is 32.2 Å².